The van der Waals surface area contributed by atoms with E-state index >= 15 is 0 Å². The van der Waals surface area contributed by atoms with Gasteiger partial charge in [-0.2, -0.15) is 0 Å². The van der Waals surface area contributed by atoms with Gasteiger partial charge in [0.15, 0.2) is 11.5 Å². The fraction of sp³-hybridized carbons (Fsp3) is 0.480. The Bertz CT molecular complexity index is 1360. The van der Waals surface area contributed by atoms with Crippen LogP contribution in [0.5, 0.6) is 11.5 Å². The minimum atomic E-state index is -0.0303. The minimum absolute atomic E-state index is 0. The van der Waals surface area contributed by atoms with E-state index in [0.29, 0.717) is 38.1 Å². The average molecular weight is 500 g/mol. The lowest BCUT2D eigenvalue weighted by molar-refractivity contribution is 0.168. The van der Waals surface area contributed by atoms with E-state index < -0.39 is 0 Å². The molecular formula is C25H30ClN5O4. The van der Waals surface area contributed by atoms with Crippen LogP contribution in [0.1, 0.15) is 30.1 Å². The normalized spacial score (nSPS) is 19.6. The van der Waals surface area contributed by atoms with Crippen molar-refractivity contribution in [3.63, 3.8) is 0 Å². The average Bonchev–Trinajstić information content (AvgIpc) is 3.23. The fourth-order valence-electron chi connectivity index (χ4n) is 5.49. The van der Waals surface area contributed by atoms with Crippen molar-refractivity contribution in [3.8, 4) is 11.5 Å². The topological polar surface area (TPSA) is 90.6 Å². The summed E-state index contributed by atoms with van der Waals surface area (Å²) in [7, 11) is 0. The molecule has 3 aliphatic rings. The van der Waals surface area contributed by atoms with Crippen LogP contribution in [0.25, 0.3) is 11.0 Å². The van der Waals surface area contributed by atoms with Crippen LogP contribution >= 0.6 is 12.4 Å². The zero-order valence-electron chi connectivity index (χ0n) is 19.7. The number of aromatic nitrogens is 3. The lowest BCUT2D eigenvalue weighted by atomic mass is 10.0. The number of ether oxygens (including phenoxy) is 2. The monoisotopic (exact) mass is 499 g/mol. The quantitative estimate of drug-likeness (QED) is 0.573. The number of hydrogen-bond donors (Lipinski definition) is 1. The number of aryl methyl sites for hydroxylation is 1. The Morgan fingerprint density at radius 2 is 1.83 bits per heavy atom. The molecule has 0 amide bonds. The molecule has 1 saturated heterocycles. The molecule has 1 fully saturated rings. The van der Waals surface area contributed by atoms with Crippen molar-refractivity contribution in [2.45, 2.75) is 44.9 Å². The lowest BCUT2D eigenvalue weighted by Crippen LogP contribution is -2.44. The summed E-state index contributed by atoms with van der Waals surface area (Å²) in [5, 5.41) is 4.61. The summed E-state index contributed by atoms with van der Waals surface area (Å²) in [5.41, 5.74) is 2.58. The van der Waals surface area contributed by atoms with E-state index in [4.69, 9.17) is 9.47 Å². The lowest BCUT2D eigenvalue weighted by Gasteiger charge is -2.34. The molecule has 35 heavy (non-hydrogen) atoms. The molecule has 0 spiro atoms. The molecule has 3 aromatic heterocycles. The number of hydrogen-bond acceptors (Lipinski definition) is 7. The molecule has 1 N–H and O–H groups in total. The van der Waals surface area contributed by atoms with Gasteiger partial charge in [0.1, 0.15) is 18.9 Å². The summed E-state index contributed by atoms with van der Waals surface area (Å²) in [4.78, 5) is 32.2. The smallest absolute Gasteiger partial charge is 0.252 e. The van der Waals surface area contributed by atoms with Gasteiger partial charge in [0.25, 0.3) is 11.1 Å². The van der Waals surface area contributed by atoms with E-state index in [-0.39, 0.29) is 29.6 Å². The van der Waals surface area contributed by atoms with Gasteiger partial charge in [0, 0.05) is 49.3 Å². The molecular weight excluding hydrogens is 470 g/mol. The van der Waals surface area contributed by atoms with E-state index in [9.17, 15) is 9.59 Å². The second kappa shape index (κ2) is 9.64. The summed E-state index contributed by atoms with van der Waals surface area (Å²) in [6.45, 7) is 7.01. The van der Waals surface area contributed by atoms with Crippen LogP contribution in [-0.4, -0.2) is 57.9 Å². The molecule has 0 saturated carbocycles. The van der Waals surface area contributed by atoms with Gasteiger partial charge in [0.05, 0.1) is 17.9 Å². The molecule has 0 radical (unpaired) electrons. The van der Waals surface area contributed by atoms with E-state index in [2.05, 4.69) is 15.2 Å². The molecule has 0 aromatic carbocycles. The zero-order chi connectivity index (χ0) is 23.2. The molecule has 3 aromatic rings. The van der Waals surface area contributed by atoms with Crippen LogP contribution in [0.15, 0.2) is 40.1 Å². The second-order valence-electron chi connectivity index (χ2n) is 9.48. The van der Waals surface area contributed by atoms with E-state index in [1.165, 1.54) is 0 Å². The minimum Gasteiger partial charge on any atom is -0.486 e. The number of nitrogens with one attached hydrogen (secondary N) is 1. The van der Waals surface area contributed by atoms with Crippen LogP contribution in [0.2, 0.25) is 0 Å². The largest absolute Gasteiger partial charge is 0.486 e. The fourth-order valence-corrected chi connectivity index (χ4v) is 5.49. The van der Waals surface area contributed by atoms with Gasteiger partial charge in [-0.05, 0) is 44.5 Å². The molecule has 6 rings (SSSR count). The molecule has 0 aliphatic carbocycles. The summed E-state index contributed by atoms with van der Waals surface area (Å²) in [6.07, 6.45) is 3.80. The Kier molecular flexibility index (Phi) is 6.57. The molecule has 3 aliphatic heterocycles. The Hall–Kier alpha value is -2.88. The Labute approximate surface area is 209 Å². The first-order chi connectivity index (χ1) is 16.6. The van der Waals surface area contributed by atoms with E-state index in [1.54, 1.807) is 22.9 Å². The standard InChI is InChI=1S/C25H29N5O4.ClH/c1-16-10-24(32)29-15-19(30-23(31)3-2-20(16)25(29)30)14-28-6-4-17(5-7-28)26-12-18-11-21-22(13-27-18)34-9-8-33-21;/h2-3,10-11,13,17,19,26H,4-9,12,14-15H2,1H3;1H/t19-;/m1./s1. The van der Waals surface area contributed by atoms with Crippen LogP contribution in [0.3, 0.4) is 0 Å². The number of nitrogens with zero attached hydrogens (tertiary/aromatic N) is 4. The highest BCUT2D eigenvalue weighted by Gasteiger charge is 2.29. The molecule has 6 heterocycles. The predicted octanol–water partition coefficient (Wildman–Crippen LogP) is 1.87. The zero-order valence-corrected chi connectivity index (χ0v) is 20.6. The maximum Gasteiger partial charge on any atom is 0.252 e. The molecule has 186 valence electrons. The Morgan fingerprint density at radius 1 is 1.06 bits per heavy atom. The number of likely N-dealkylation sites (tertiary alicyclic amines) is 1. The molecule has 0 bridgehead atoms. The first-order valence-electron chi connectivity index (χ1n) is 12.0. The third kappa shape index (κ3) is 4.44. The number of halogens is 1. The van der Waals surface area contributed by atoms with Crippen LogP contribution in [0.4, 0.5) is 0 Å². The summed E-state index contributed by atoms with van der Waals surface area (Å²) < 4.78 is 14.8. The Balaban J connectivity index is 0.00000253. The highest BCUT2D eigenvalue weighted by molar-refractivity contribution is 5.85. The number of pyridine rings is 3. The number of piperidine rings is 1. The van der Waals surface area contributed by atoms with Crippen LogP contribution in [0, 0.1) is 6.92 Å². The molecule has 9 nitrogen and oxygen atoms in total. The van der Waals surface area contributed by atoms with Gasteiger partial charge in [-0.25, -0.2) is 0 Å². The maximum atomic E-state index is 12.7. The number of fused-ring (bicyclic) bond motifs is 1. The van der Waals surface area contributed by atoms with Gasteiger partial charge in [-0.15, -0.1) is 12.4 Å². The van der Waals surface area contributed by atoms with Crippen molar-refractivity contribution in [1.29, 1.82) is 0 Å². The predicted molar refractivity (Wildman–Crippen MR) is 135 cm³/mol. The van der Waals surface area contributed by atoms with E-state index in [0.717, 1.165) is 60.5 Å². The summed E-state index contributed by atoms with van der Waals surface area (Å²) in [6, 6.07) is 7.50. The van der Waals surface area contributed by atoms with Gasteiger partial charge in [-0.1, -0.05) is 0 Å². The van der Waals surface area contributed by atoms with E-state index in [1.807, 2.05) is 23.6 Å². The van der Waals surface area contributed by atoms with Crippen molar-refractivity contribution in [1.82, 2.24) is 24.3 Å². The van der Waals surface area contributed by atoms with Crippen molar-refractivity contribution >= 4 is 23.4 Å². The first-order valence-corrected chi connectivity index (χ1v) is 12.0. The van der Waals surface area contributed by atoms with Gasteiger partial charge in [-0.3, -0.25) is 23.7 Å². The third-order valence-corrected chi connectivity index (χ3v) is 7.26. The van der Waals surface area contributed by atoms with Gasteiger partial charge in [0.2, 0.25) is 0 Å². The maximum absolute atomic E-state index is 12.7. The van der Waals surface area contributed by atoms with Crippen molar-refractivity contribution in [2.75, 3.05) is 32.8 Å². The van der Waals surface area contributed by atoms with Gasteiger partial charge < -0.3 is 19.7 Å². The van der Waals surface area contributed by atoms with Crippen LogP contribution < -0.4 is 25.9 Å². The second-order valence-corrected chi connectivity index (χ2v) is 9.48. The van der Waals surface area contributed by atoms with Crippen molar-refractivity contribution in [3.05, 3.63) is 62.4 Å². The highest BCUT2D eigenvalue weighted by Crippen LogP contribution is 2.30. The van der Waals surface area contributed by atoms with Crippen molar-refractivity contribution < 1.29 is 9.47 Å². The van der Waals surface area contributed by atoms with Gasteiger partial charge >= 0.3 is 0 Å². The first kappa shape index (κ1) is 23.8. The molecule has 1 atom stereocenters. The SMILES string of the molecule is Cc1cc(=O)n2c3c1ccc(=O)n3[C@H](CN1CCC(NCc3cc4c(cn3)OCCO4)CC1)C2.Cl. The van der Waals surface area contributed by atoms with Crippen LogP contribution in [-0.2, 0) is 13.1 Å². The number of rotatable bonds is 5. The third-order valence-electron chi connectivity index (χ3n) is 7.26. The summed E-state index contributed by atoms with van der Waals surface area (Å²) >= 11 is 0. The Morgan fingerprint density at radius 3 is 2.63 bits per heavy atom. The molecule has 0 unspecified atom stereocenters. The van der Waals surface area contributed by atoms with Crippen molar-refractivity contribution in [2.24, 2.45) is 0 Å². The summed E-state index contributed by atoms with van der Waals surface area (Å²) in [5.74, 6) is 1.48. The highest BCUT2D eigenvalue weighted by atomic mass is 35.5. The molecule has 10 heteroatoms.